The molecule has 0 unspecified atom stereocenters. The molecule has 24 heavy (non-hydrogen) atoms. The third kappa shape index (κ3) is 4.08. The van der Waals surface area contributed by atoms with Crippen molar-refractivity contribution in [2.75, 3.05) is 19.0 Å². The summed E-state index contributed by atoms with van der Waals surface area (Å²) in [6.07, 6.45) is 8.39. The second kappa shape index (κ2) is 7.69. The van der Waals surface area contributed by atoms with Gasteiger partial charge in [-0.1, -0.05) is 25.7 Å². The van der Waals surface area contributed by atoms with Crippen molar-refractivity contribution in [2.24, 2.45) is 0 Å². The maximum Gasteiger partial charge on any atom is 0.260 e. The lowest BCUT2D eigenvalue weighted by Crippen LogP contribution is -2.39. The third-order valence-corrected chi connectivity index (χ3v) is 5.10. The molecule has 130 valence electrons. The molecule has 2 amide bonds. The van der Waals surface area contributed by atoms with Crippen LogP contribution in [0.2, 0.25) is 0 Å². The zero-order chi connectivity index (χ0) is 16.9. The number of carbonyl (C=O) groups is 2. The molecule has 0 saturated heterocycles. The molecule has 1 aromatic rings. The van der Waals surface area contributed by atoms with Gasteiger partial charge in [0.05, 0.1) is 0 Å². The first kappa shape index (κ1) is 16.8. The molecular weight excluding hydrogens is 304 g/mol. The molecule has 0 radical (unpaired) electrons. The molecule has 1 N–H and O–H groups in total. The molecule has 0 atom stereocenters. The zero-order valence-electron chi connectivity index (χ0n) is 14.3. The summed E-state index contributed by atoms with van der Waals surface area (Å²) in [6.45, 7) is 0.0676. The summed E-state index contributed by atoms with van der Waals surface area (Å²) in [5.41, 5.74) is 1.91. The molecule has 1 fully saturated rings. The second-order valence-corrected chi connectivity index (χ2v) is 6.81. The van der Waals surface area contributed by atoms with Crippen LogP contribution in [-0.2, 0) is 16.0 Å². The molecule has 1 saturated carbocycles. The van der Waals surface area contributed by atoms with Gasteiger partial charge < -0.3 is 15.0 Å². The van der Waals surface area contributed by atoms with Crippen molar-refractivity contribution in [2.45, 2.75) is 57.4 Å². The Kier molecular flexibility index (Phi) is 5.38. The van der Waals surface area contributed by atoms with Crippen LogP contribution in [-0.4, -0.2) is 36.4 Å². The number of hydrogen-bond donors (Lipinski definition) is 1. The summed E-state index contributed by atoms with van der Waals surface area (Å²) in [7, 11) is 1.89. The molecule has 0 bridgehead atoms. The largest absolute Gasteiger partial charge is 0.484 e. The minimum absolute atomic E-state index is 0.0351. The number of nitrogens with zero attached hydrogens (tertiary/aromatic N) is 1. The monoisotopic (exact) mass is 330 g/mol. The van der Waals surface area contributed by atoms with E-state index in [1.54, 1.807) is 0 Å². The van der Waals surface area contributed by atoms with Crippen molar-refractivity contribution < 1.29 is 14.3 Å². The Morgan fingerprint density at radius 2 is 1.96 bits per heavy atom. The maximum absolute atomic E-state index is 12.4. The van der Waals surface area contributed by atoms with Crippen molar-refractivity contribution in [1.82, 2.24) is 4.90 Å². The Morgan fingerprint density at radius 1 is 1.21 bits per heavy atom. The SMILES string of the molecule is CN(C(=O)COc1ccc2c(c1)CCC(=O)N2)C1CCCCCC1. The Labute approximate surface area is 143 Å². The van der Waals surface area contributed by atoms with E-state index in [0.717, 1.165) is 24.1 Å². The number of hydrogen-bond acceptors (Lipinski definition) is 3. The average Bonchev–Trinajstić information content (AvgIpc) is 2.88. The summed E-state index contributed by atoms with van der Waals surface area (Å²) in [5, 5.41) is 2.85. The summed E-state index contributed by atoms with van der Waals surface area (Å²) in [4.78, 5) is 25.7. The van der Waals surface area contributed by atoms with Gasteiger partial charge >= 0.3 is 0 Å². The van der Waals surface area contributed by atoms with Crippen molar-refractivity contribution in [3.63, 3.8) is 0 Å². The first-order chi connectivity index (χ1) is 11.6. The molecule has 5 heteroatoms. The smallest absolute Gasteiger partial charge is 0.260 e. The van der Waals surface area contributed by atoms with E-state index in [9.17, 15) is 9.59 Å². The van der Waals surface area contributed by atoms with Gasteiger partial charge in [0, 0.05) is 25.2 Å². The molecule has 1 aliphatic carbocycles. The van der Waals surface area contributed by atoms with Crippen LogP contribution in [0.3, 0.4) is 0 Å². The van der Waals surface area contributed by atoms with Crippen molar-refractivity contribution >= 4 is 17.5 Å². The average molecular weight is 330 g/mol. The third-order valence-electron chi connectivity index (χ3n) is 5.10. The van der Waals surface area contributed by atoms with E-state index in [4.69, 9.17) is 4.74 Å². The molecule has 0 aromatic heterocycles. The predicted molar refractivity (Wildman–Crippen MR) is 93.1 cm³/mol. The maximum atomic E-state index is 12.4. The van der Waals surface area contributed by atoms with Gasteiger partial charge in [-0.15, -0.1) is 0 Å². The lowest BCUT2D eigenvalue weighted by Gasteiger charge is -2.27. The van der Waals surface area contributed by atoms with Crippen LogP contribution in [0.25, 0.3) is 0 Å². The fourth-order valence-electron chi connectivity index (χ4n) is 3.55. The van der Waals surface area contributed by atoms with Gasteiger partial charge in [-0.05, 0) is 43.0 Å². The van der Waals surface area contributed by atoms with E-state index in [0.29, 0.717) is 24.6 Å². The summed E-state index contributed by atoms with van der Waals surface area (Å²) in [5.74, 6) is 0.775. The molecule has 5 nitrogen and oxygen atoms in total. The number of amides is 2. The van der Waals surface area contributed by atoms with Gasteiger partial charge in [-0.3, -0.25) is 9.59 Å². The predicted octanol–water partition coefficient (Wildman–Crippen LogP) is 3.13. The van der Waals surface area contributed by atoms with Crippen molar-refractivity contribution in [1.29, 1.82) is 0 Å². The van der Waals surface area contributed by atoms with Crippen molar-refractivity contribution in [3.05, 3.63) is 23.8 Å². The first-order valence-corrected chi connectivity index (χ1v) is 8.95. The number of benzene rings is 1. The number of nitrogens with one attached hydrogen (secondary N) is 1. The molecular formula is C19H26N2O3. The van der Waals surface area contributed by atoms with Gasteiger partial charge in [-0.25, -0.2) is 0 Å². The molecule has 1 aliphatic heterocycles. The fourth-order valence-corrected chi connectivity index (χ4v) is 3.55. The van der Waals surface area contributed by atoms with E-state index in [2.05, 4.69) is 5.32 Å². The number of fused-ring (bicyclic) bond motifs is 1. The molecule has 1 heterocycles. The van der Waals surface area contributed by atoms with E-state index in [1.165, 1.54) is 25.7 Å². The van der Waals surface area contributed by atoms with Gasteiger partial charge in [0.1, 0.15) is 5.75 Å². The first-order valence-electron chi connectivity index (χ1n) is 8.95. The minimum Gasteiger partial charge on any atom is -0.484 e. The molecule has 1 aromatic carbocycles. The van der Waals surface area contributed by atoms with Crippen LogP contribution in [0.5, 0.6) is 5.75 Å². The molecule has 0 spiro atoms. The van der Waals surface area contributed by atoms with E-state index < -0.39 is 0 Å². The highest BCUT2D eigenvalue weighted by atomic mass is 16.5. The zero-order valence-corrected chi connectivity index (χ0v) is 14.3. The highest BCUT2D eigenvalue weighted by Gasteiger charge is 2.21. The number of likely N-dealkylation sites (N-methyl/N-ethyl adjacent to an activating group) is 1. The summed E-state index contributed by atoms with van der Waals surface area (Å²) in [6, 6.07) is 5.93. The van der Waals surface area contributed by atoms with Crippen molar-refractivity contribution in [3.8, 4) is 5.75 Å². The summed E-state index contributed by atoms with van der Waals surface area (Å²) < 4.78 is 5.70. The lowest BCUT2D eigenvalue weighted by molar-refractivity contribution is -0.134. The number of ether oxygens (including phenoxy) is 1. The summed E-state index contributed by atoms with van der Waals surface area (Å²) >= 11 is 0. The Bertz CT molecular complexity index is 607. The van der Waals surface area contributed by atoms with Gasteiger partial charge in [0.15, 0.2) is 6.61 Å². The van der Waals surface area contributed by atoms with Crippen LogP contribution in [0.15, 0.2) is 18.2 Å². The molecule has 2 aliphatic rings. The van der Waals surface area contributed by atoms with Gasteiger partial charge in [0.2, 0.25) is 5.91 Å². The van der Waals surface area contributed by atoms with E-state index >= 15 is 0 Å². The van der Waals surface area contributed by atoms with Crippen LogP contribution < -0.4 is 10.1 Å². The highest BCUT2D eigenvalue weighted by Crippen LogP contribution is 2.27. The second-order valence-electron chi connectivity index (χ2n) is 6.81. The van der Waals surface area contributed by atoms with Gasteiger partial charge in [-0.2, -0.15) is 0 Å². The van der Waals surface area contributed by atoms with Crippen LogP contribution >= 0.6 is 0 Å². The van der Waals surface area contributed by atoms with E-state index in [1.807, 2.05) is 30.1 Å². The fraction of sp³-hybridized carbons (Fsp3) is 0.579. The minimum atomic E-state index is 0.0351. The lowest BCUT2D eigenvalue weighted by atomic mass is 10.0. The van der Waals surface area contributed by atoms with Crippen LogP contribution in [0, 0.1) is 0 Å². The topological polar surface area (TPSA) is 58.6 Å². The quantitative estimate of drug-likeness (QED) is 0.863. The highest BCUT2D eigenvalue weighted by molar-refractivity contribution is 5.94. The standard InChI is InChI=1S/C19H26N2O3/c1-21(15-6-4-2-3-5-7-15)19(23)13-24-16-9-10-17-14(12-16)8-11-18(22)20-17/h9-10,12,15H,2-8,11,13H2,1H3,(H,20,22). The number of rotatable bonds is 4. The Hall–Kier alpha value is -2.04. The Balaban J connectivity index is 1.55. The van der Waals surface area contributed by atoms with Crippen LogP contribution in [0.4, 0.5) is 5.69 Å². The molecule has 3 rings (SSSR count). The van der Waals surface area contributed by atoms with E-state index in [-0.39, 0.29) is 18.4 Å². The Morgan fingerprint density at radius 3 is 2.71 bits per heavy atom. The number of anilines is 1. The van der Waals surface area contributed by atoms with Gasteiger partial charge in [0.25, 0.3) is 5.91 Å². The number of aryl methyl sites for hydroxylation is 1. The normalized spacial score (nSPS) is 18.3. The van der Waals surface area contributed by atoms with Crippen LogP contribution in [0.1, 0.15) is 50.5 Å². The number of carbonyl (C=O) groups excluding carboxylic acids is 2.